The molecule has 0 spiro atoms. The van der Waals surface area contributed by atoms with Crippen LogP contribution in [-0.4, -0.2) is 41.8 Å². The van der Waals surface area contributed by atoms with Crippen molar-refractivity contribution in [3.8, 4) is 6.07 Å². The van der Waals surface area contributed by atoms with Crippen LogP contribution in [0.4, 0.5) is 0 Å². The minimum atomic E-state index is -0.429. The molecule has 2 aliphatic rings. The molecule has 2 saturated heterocycles. The standard InChI is InChI=1S/C14H20N2O4S/c1-3-19-14(18)11-8(2)9(7-15)13(21-11)16-12(17)10-5-4-6-20-10/h8-11,13H,3-6H2,1-2H3,(H,16,17). The zero-order valence-corrected chi connectivity index (χ0v) is 13.0. The number of ether oxygens (including phenoxy) is 2. The third-order valence-electron chi connectivity index (χ3n) is 3.84. The lowest BCUT2D eigenvalue weighted by Crippen LogP contribution is -2.42. The van der Waals surface area contributed by atoms with E-state index in [0.29, 0.717) is 19.6 Å². The Bertz CT molecular complexity index is 445. The van der Waals surface area contributed by atoms with Crippen molar-refractivity contribution in [3.63, 3.8) is 0 Å². The minimum Gasteiger partial charge on any atom is -0.465 e. The van der Waals surface area contributed by atoms with Crippen LogP contribution in [0.5, 0.6) is 0 Å². The van der Waals surface area contributed by atoms with E-state index in [1.54, 1.807) is 6.92 Å². The first kappa shape index (κ1) is 16.1. The lowest BCUT2D eigenvalue weighted by Gasteiger charge is -2.18. The van der Waals surface area contributed by atoms with Crippen LogP contribution in [0.3, 0.4) is 0 Å². The Labute approximate surface area is 128 Å². The Morgan fingerprint density at radius 3 is 2.86 bits per heavy atom. The van der Waals surface area contributed by atoms with Gasteiger partial charge >= 0.3 is 5.97 Å². The molecule has 5 unspecified atom stereocenters. The van der Waals surface area contributed by atoms with Gasteiger partial charge in [0.25, 0.3) is 0 Å². The highest BCUT2D eigenvalue weighted by atomic mass is 32.2. The van der Waals surface area contributed by atoms with Crippen molar-refractivity contribution in [2.45, 2.75) is 43.4 Å². The van der Waals surface area contributed by atoms with Gasteiger partial charge in [0.15, 0.2) is 0 Å². The summed E-state index contributed by atoms with van der Waals surface area (Å²) in [4.78, 5) is 24.0. The van der Waals surface area contributed by atoms with Gasteiger partial charge < -0.3 is 14.8 Å². The van der Waals surface area contributed by atoms with Gasteiger partial charge in [-0.1, -0.05) is 6.92 Å². The van der Waals surface area contributed by atoms with E-state index < -0.39 is 22.6 Å². The summed E-state index contributed by atoms with van der Waals surface area (Å²) in [5.41, 5.74) is 0. The van der Waals surface area contributed by atoms with Gasteiger partial charge in [-0.3, -0.25) is 9.59 Å². The van der Waals surface area contributed by atoms with Crippen molar-refractivity contribution in [2.24, 2.45) is 11.8 Å². The second-order valence-corrected chi connectivity index (χ2v) is 6.54. The molecular weight excluding hydrogens is 292 g/mol. The van der Waals surface area contributed by atoms with Crippen LogP contribution in [0.1, 0.15) is 26.7 Å². The van der Waals surface area contributed by atoms with Gasteiger partial charge in [0.05, 0.1) is 24.0 Å². The van der Waals surface area contributed by atoms with Gasteiger partial charge in [0.2, 0.25) is 5.91 Å². The highest BCUT2D eigenvalue weighted by Gasteiger charge is 2.47. The quantitative estimate of drug-likeness (QED) is 0.781. The summed E-state index contributed by atoms with van der Waals surface area (Å²) in [5, 5.41) is 11.4. The van der Waals surface area contributed by atoms with Crippen LogP contribution in [0.15, 0.2) is 0 Å². The molecule has 2 rings (SSSR count). The van der Waals surface area contributed by atoms with Crippen LogP contribution in [0.2, 0.25) is 0 Å². The van der Waals surface area contributed by atoms with E-state index in [1.807, 2.05) is 6.92 Å². The van der Waals surface area contributed by atoms with E-state index in [4.69, 9.17) is 9.47 Å². The lowest BCUT2D eigenvalue weighted by atomic mass is 9.92. The van der Waals surface area contributed by atoms with Crippen LogP contribution >= 0.6 is 11.8 Å². The number of nitrogens with one attached hydrogen (secondary N) is 1. The number of nitriles is 1. The molecule has 1 amide bonds. The smallest absolute Gasteiger partial charge is 0.319 e. The first-order valence-electron chi connectivity index (χ1n) is 7.22. The van der Waals surface area contributed by atoms with Crippen molar-refractivity contribution in [3.05, 3.63) is 0 Å². The number of carbonyl (C=O) groups excluding carboxylic acids is 2. The van der Waals surface area contributed by atoms with E-state index in [1.165, 1.54) is 11.8 Å². The maximum absolute atomic E-state index is 12.1. The molecule has 116 valence electrons. The topological polar surface area (TPSA) is 88.4 Å². The summed E-state index contributed by atoms with van der Waals surface area (Å²) >= 11 is 1.30. The van der Waals surface area contributed by atoms with Crippen LogP contribution in [0, 0.1) is 23.2 Å². The van der Waals surface area contributed by atoms with Gasteiger partial charge in [-0.2, -0.15) is 5.26 Å². The summed E-state index contributed by atoms with van der Waals surface area (Å²) in [6, 6.07) is 2.20. The Balaban J connectivity index is 2.00. The number of esters is 1. The van der Waals surface area contributed by atoms with Crippen LogP contribution in [0.25, 0.3) is 0 Å². The molecule has 0 bridgehead atoms. The maximum Gasteiger partial charge on any atom is 0.319 e. The molecule has 1 N–H and O–H groups in total. The molecule has 0 aromatic heterocycles. The molecule has 6 nitrogen and oxygen atoms in total. The molecule has 2 fully saturated rings. The number of amides is 1. The predicted molar refractivity (Wildman–Crippen MR) is 77.2 cm³/mol. The van der Waals surface area contributed by atoms with Gasteiger partial charge in [-0.05, 0) is 25.7 Å². The van der Waals surface area contributed by atoms with E-state index in [9.17, 15) is 14.9 Å². The normalized spacial score (nSPS) is 35.2. The number of hydrogen-bond donors (Lipinski definition) is 1. The van der Waals surface area contributed by atoms with E-state index in [0.717, 1.165) is 6.42 Å². The largest absolute Gasteiger partial charge is 0.465 e. The average Bonchev–Trinajstić information content (AvgIpc) is 3.07. The Morgan fingerprint density at radius 2 is 2.29 bits per heavy atom. The summed E-state index contributed by atoms with van der Waals surface area (Å²) in [5.74, 6) is -1.07. The zero-order valence-electron chi connectivity index (χ0n) is 12.2. The molecule has 0 aromatic rings. The summed E-state index contributed by atoms with van der Waals surface area (Å²) in [6.45, 7) is 4.51. The Hall–Kier alpha value is -1.26. The van der Waals surface area contributed by atoms with Gasteiger partial charge in [-0.25, -0.2) is 0 Å². The molecule has 0 aromatic carbocycles. The highest BCUT2D eigenvalue weighted by molar-refractivity contribution is 8.01. The average molecular weight is 312 g/mol. The Kier molecular flexibility index (Phi) is 5.48. The van der Waals surface area contributed by atoms with Crippen molar-refractivity contribution in [1.29, 1.82) is 5.26 Å². The summed E-state index contributed by atoms with van der Waals surface area (Å²) in [6.07, 6.45) is 1.15. The molecule has 0 aliphatic carbocycles. The van der Waals surface area contributed by atoms with Crippen molar-refractivity contribution >= 4 is 23.6 Å². The van der Waals surface area contributed by atoms with Crippen molar-refractivity contribution in [1.82, 2.24) is 5.32 Å². The number of hydrogen-bond acceptors (Lipinski definition) is 6. The number of nitrogens with zero attached hydrogens (tertiary/aromatic N) is 1. The van der Waals surface area contributed by atoms with E-state index >= 15 is 0 Å². The summed E-state index contributed by atoms with van der Waals surface area (Å²) in [7, 11) is 0. The zero-order chi connectivity index (χ0) is 15.4. The molecule has 2 aliphatic heterocycles. The van der Waals surface area contributed by atoms with Gasteiger partial charge in [0.1, 0.15) is 11.4 Å². The fourth-order valence-corrected chi connectivity index (χ4v) is 4.23. The van der Waals surface area contributed by atoms with Gasteiger partial charge in [0, 0.05) is 6.61 Å². The van der Waals surface area contributed by atoms with Gasteiger partial charge in [-0.15, -0.1) is 11.8 Å². The molecular formula is C14H20N2O4S. The first-order chi connectivity index (χ1) is 10.1. The maximum atomic E-state index is 12.1. The SMILES string of the molecule is CCOC(=O)C1SC(NC(=O)C2CCCO2)C(C#N)C1C. The molecule has 0 saturated carbocycles. The monoisotopic (exact) mass is 312 g/mol. The summed E-state index contributed by atoms with van der Waals surface area (Å²) < 4.78 is 10.4. The molecule has 21 heavy (non-hydrogen) atoms. The highest BCUT2D eigenvalue weighted by Crippen LogP contribution is 2.42. The third kappa shape index (κ3) is 3.50. The molecule has 2 heterocycles. The van der Waals surface area contributed by atoms with Crippen LogP contribution < -0.4 is 5.32 Å². The second-order valence-electron chi connectivity index (χ2n) is 5.25. The fraction of sp³-hybridized carbons (Fsp3) is 0.786. The molecule has 0 radical (unpaired) electrons. The van der Waals surface area contributed by atoms with Crippen LogP contribution in [-0.2, 0) is 19.1 Å². The molecule has 7 heteroatoms. The third-order valence-corrected chi connectivity index (χ3v) is 5.46. The van der Waals surface area contributed by atoms with Crippen molar-refractivity contribution < 1.29 is 19.1 Å². The predicted octanol–water partition coefficient (Wildman–Crippen LogP) is 1.06. The van der Waals surface area contributed by atoms with E-state index in [2.05, 4.69) is 11.4 Å². The Morgan fingerprint density at radius 1 is 1.52 bits per heavy atom. The fourth-order valence-electron chi connectivity index (χ4n) is 2.65. The second kappa shape index (κ2) is 7.14. The van der Waals surface area contributed by atoms with Crippen molar-refractivity contribution in [2.75, 3.05) is 13.2 Å². The number of rotatable bonds is 4. The number of thioether (sulfide) groups is 1. The van der Waals surface area contributed by atoms with E-state index in [-0.39, 0.29) is 17.8 Å². The minimum absolute atomic E-state index is 0.158. The number of carbonyl (C=O) groups is 2. The molecule has 5 atom stereocenters. The first-order valence-corrected chi connectivity index (χ1v) is 8.16. The lowest BCUT2D eigenvalue weighted by molar-refractivity contribution is -0.143.